The van der Waals surface area contributed by atoms with Gasteiger partial charge >= 0.3 is 0 Å². The Hall–Kier alpha value is -1.88. The Labute approximate surface area is 115 Å². The SMILES string of the molecule is Cc1ccnc2c1nc(CCCl)n2-c1ccn(C)n1. The molecule has 6 heteroatoms. The van der Waals surface area contributed by atoms with E-state index in [1.807, 2.05) is 36.9 Å². The summed E-state index contributed by atoms with van der Waals surface area (Å²) in [5.41, 5.74) is 2.85. The molecule has 0 unspecified atom stereocenters. The molecule has 0 fully saturated rings. The van der Waals surface area contributed by atoms with Gasteiger partial charge in [-0.15, -0.1) is 11.6 Å². The Kier molecular flexibility index (Phi) is 2.98. The number of aromatic nitrogens is 5. The van der Waals surface area contributed by atoms with Crippen molar-refractivity contribution >= 4 is 22.8 Å². The number of halogens is 1. The minimum absolute atomic E-state index is 0.523. The zero-order valence-corrected chi connectivity index (χ0v) is 11.6. The number of aryl methyl sites for hydroxylation is 3. The third-order valence-corrected chi connectivity index (χ3v) is 3.25. The topological polar surface area (TPSA) is 48.5 Å². The van der Waals surface area contributed by atoms with Gasteiger partial charge in [-0.1, -0.05) is 0 Å². The summed E-state index contributed by atoms with van der Waals surface area (Å²) in [6, 6.07) is 3.91. The first-order valence-corrected chi connectivity index (χ1v) is 6.63. The molecule has 5 nitrogen and oxygen atoms in total. The average Bonchev–Trinajstić information content (AvgIpc) is 2.94. The van der Waals surface area contributed by atoms with Gasteiger partial charge in [0.15, 0.2) is 11.5 Å². The summed E-state index contributed by atoms with van der Waals surface area (Å²) >= 11 is 5.87. The summed E-state index contributed by atoms with van der Waals surface area (Å²) in [7, 11) is 1.89. The van der Waals surface area contributed by atoms with Crippen molar-refractivity contribution in [1.29, 1.82) is 0 Å². The third-order valence-electron chi connectivity index (χ3n) is 3.06. The zero-order chi connectivity index (χ0) is 13.4. The molecule has 3 rings (SSSR count). The number of fused-ring (bicyclic) bond motifs is 1. The number of hydrogen-bond donors (Lipinski definition) is 0. The van der Waals surface area contributed by atoms with E-state index in [2.05, 4.69) is 15.1 Å². The van der Waals surface area contributed by atoms with Gasteiger partial charge in [0.05, 0.1) is 0 Å². The van der Waals surface area contributed by atoms with E-state index in [9.17, 15) is 0 Å². The Morgan fingerprint density at radius 1 is 1.32 bits per heavy atom. The average molecular weight is 276 g/mol. The predicted octanol–water partition coefficient (Wildman–Crippen LogP) is 2.24. The highest BCUT2D eigenvalue weighted by atomic mass is 35.5. The van der Waals surface area contributed by atoms with E-state index in [0.717, 1.165) is 28.4 Å². The summed E-state index contributed by atoms with van der Waals surface area (Å²) in [6.07, 6.45) is 4.39. The van der Waals surface area contributed by atoms with Crippen molar-refractivity contribution in [2.75, 3.05) is 5.88 Å². The fourth-order valence-corrected chi connectivity index (χ4v) is 2.32. The lowest BCUT2D eigenvalue weighted by Gasteiger charge is -2.03. The minimum atomic E-state index is 0.523. The van der Waals surface area contributed by atoms with Crippen molar-refractivity contribution in [3.05, 3.63) is 35.9 Å². The van der Waals surface area contributed by atoms with Crippen LogP contribution in [0.25, 0.3) is 17.0 Å². The molecule has 0 aliphatic carbocycles. The molecule has 0 amide bonds. The molecule has 0 aromatic carbocycles. The highest BCUT2D eigenvalue weighted by Gasteiger charge is 2.15. The molecule has 3 aromatic heterocycles. The zero-order valence-electron chi connectivity index (χ0n) is 10.8. The van der Waals surface area contributed by atoms with Gasteiger partial charge in [0.2, 0.25) is 0 Å². The van der Waals surface area contributed by atoms with Crippen LogP contribution in [0.4, 0.5) is 0 Å². The number of pyridine rings is 1. The highest BCUT2D eigenvalue weighted by Crippen LogP contribution is 2.21. The molecular weight excluding hydrogens is 262 g/mol. The van der Waals surface area contributed by atoms with E-state index in [0.29, 0.717) is 12.3 Å². The monoisotopic (exact) mass is 275 g/mol. The number of nitrogens with zero attached hydrogens (tertiary/aromatic N) is 5. The lowest BCUT2D eigenvalue weighted by Crippen LogP contribution is -2.04. The van der Waals surface area contributed by atoms with Crippen LogP contribution in [0.1, 0.15) is 11.4 Å². The van der Waals surface area contributed by atoms with Crippen molar-refractivity contribution in [2.24, 2.45) is 7.05 Å². The van der Waals surface area contributed by atoms with Gasteiger partial charge in [0.1, 0.15) is 11.3 Å². The number of alkyl halides is 1. The number of imidazole rings is 1. The second-order valence-electron chi connectivity index (χ2n) is 4.45. The van der Waals surface area contributed by atoms with Crippen LogP contribution < -0.4 is 0 Å². The first-order valence-electron chi connectivity index (χ1n) is 6.09. The maximum absolute atomic E-state index is 5.87. The lowest BCUT2D eigenvalue weighted by atomic mass is 10.3. The predicted molar refractivity (Wildman–Crippen MR) is 74.8 cm³/mol. The normalized spacial score (nSPS) is 11.3. The van der Waals surface area contributed by atoms with Crippen LogP contribution in [0, 0.1) is 6.92 Å². The minimum Gasteiger partial charge on any atom is -0.274 e. The van der Waals surface area contributed by atoms with Crippen LogP contribution >= 0.6 is 11.6 Å². The van der Waals surface area contributed by atoms with Crippen molar-refractivity contribution in [3.63, 3.8) is 0 Å². The Balaban J connectivity index is 2.31. The van der Waals surface area contributed by atoms with Gasteiger partial charge in [0, 0.05) is 37.8 Å². The fourth-order valence-electron chi connectivity index (χ4n) is 2.15. The van der Waals surface area contributed by atoms with Gasteiger partial charge in [-0.05, 0) is 18.6 Å². The first kappa shape index (κ1) is 12.2. The van der Waals surface area contributed by atoms with Gasteiger partial charge in [-0.2, -0.15) is 5.10 Å². The van der Waals surface area contributed by atoms with Crippen LogP contribution in [0.15, 0.2) is 24.5 Å². The fraction of sp³-hybridized carbons (Fsp3) is 0.308. The third kappa shape index (κ3) is 2.00. The van der Waals surface area contributed by atoms with E-state index in [1.54, 1.807) is 10.9 Å². The van der Waals surface area contributed by atoms with Crippen LogP contribution in [0.5, 0.6) is 0 Å². The second-order valence-corrected chi connectivity index (χ2v) is 4.83. The number of rotatable bonds is 3. The maximum atomic E-state index is 5.87. The van der Waals surface area contributed by atoms with Crippen molar-refractivity contribution in [3.8, 4) is 5.82 Å². The van der Waals surface area contributed by atoms with Crippen molar-refractivity contribution in [2.45, 2.75) is 13.3 Å². The van der Waals surface area contributed by atoms with Crippen molar-refractivity contribution in [1.82, 2.24) is 24.3 Å². The van der Waals surface area contributed by atoms with Gasteiger partial charge in [-0.25, -0.2) is 9.97 Å². The summed E-state index contributed by atoms with van der Waals surface area (Å²) in [5, 5.41) is 4.43. The first-order chi connectivity index (χ1) is 9.20. The van der Waals surface area contributed by atoms with Crippen LogP contribution in [-0.4, -0.2) is 30.2 Å². The smallest absolute Gasteiger partial charge is 0.166 e. The molecule has 0 aliphatic heterocycles. The van der Waals surface area contributed by atoms with Crippen LogP contribution in [-0.2, 0) is 13.5 Å². The van der Waals surface area contributed by atoms with Gasteiger partial charge in [0.25, 0.3) is 0 Å². The molecule has 98 valence electrons. The van der Waals surface area contributed by atoms with E-state index in [1.165, 1.54) is 0 Å². The molecule has 0 N–H and O–H groups in total. The molecule has 0 bridgehead atoms. The molecule has 0 radical (unpaired) electrons. The molecule has 0 aliphatic rings. The Morgan fingerprint density at radius 3 is 2.84 bits per heavy atom. The molecule has 3 aromatic rings. The summed E-state index contributed by atoms with van der Waals surface area (Å²) in [5.74, 6) is 2.24. The molecular formula is C13H14ClN5. The van der Waals surface area contributed by atoms with Crippen molar-refractivity contribution < 1.29 is 0 Å². The lowest BCUT2D eigenvalue weighted by molar-refractivity contribution is 0.745. The molecule has 0 spiro atoms. The molecule has 0 saturated carbocycles. The Morgan fingerprint density at radius 2 is 2.16 bits per heavy atom. The van der Waals surface area contributed by atoms with E-state index >= 15 is 0 Å². The quantitative estimate of drug-likeness (QED) is 0.689. The van der Waals surface area contributed by atoms with Gasteiger partial charge in [-0.3, -0.25) is 9.25 Å². The highest BCUT2D eigenvalue weighted by molar-refractivity contribution is 6.17. The van der Waals surface area contributed by atoms with E-state index in [4.69, 9.17) is 11.6 Å². The summed E-state index contributed by atoms with van der Waals surface area (Å²) in [4.78, 5) is 9.09. The number of hydrogen-bond acceptors (Lipinski definition) is 3. The summed E-state index contributed by atoms with van der Waals surface area (Å²) in [6.45, 7) is 2.03. The largest absolute Gasteiger partial charge is 0.274 e. The van der Waals surface area contributed by atoms with Gasteiger partial charge < -0.3 is 0 Å². The molecule has 19 heavy (non-hydrogen) atoms. The maximum Gasteiger partial charge on any atom is 0.166 e. The molecule has 3 heterocycles. The molecule has 0 atom stereocenters. The van der Waals surface area contributed by atoms with E-state index < -0.39 is 0 Å². The Bertz CT molecular complexity index is 728. The van der Waals surface area contributed by atoms with E-state index in [-0.39, 0.29) is 0 Å². The standard InChI is InChI=1S/C13H14ClN5/c1-9-4-7-15-13-12(9)16-10(3-6-14)19(13)11-5-8-18(2)17-11/h4-5,7-8H,3,6H2,1-2H3. The molecule has 0 saturated heterocycles. The van der Waals surface area contributed by atoms with Crippen LogP contribution in [0.3, 0.4) is 0 Å². The van der Waals surface area contributed by atoms with Crippen LogP contribution in [0.2, 0.25) is 0 Å². The summed E-state index contributed by atoms with van der Waals surface area (Å²) < 4.78 is 3.74. The second kappa shape index (κ2) is 4.66.